The molecule has 0 saturated heterocycles. The molecule has 1 aliphatic heterocycles. The summed E-state index contributed by atoms with van der Waals surface area (Å²) >= 11 is 2.31. The lowest BCUT2D eigenvalue weighted by molar-refractivity contribution is 0.729. The Labute approximate surface area is 116 Å². The quantitative estimate of drug-likeness (QED) is 0.501. The SMILES string of the molecule is Ic1ccccc1/C=N\NC1=NCCCCC1. The molecule has 4 heteroatoms. The van der Waals surface area contributed by atoms with Crippen LogP contribution in [0.1, 0.15) is 31.2 Å². The van der Waals surface area contributed by atoms with E-state index in [9.17, 15) is 0 Å². The number of amidine groups is 1. The van der Waals surface area contributed by atoms with Gasteiger partial charge in [-0.2, -0.15) is 5.10 Å². The molecule has 1 aromatic carbocycles. The van der Waals surface area contributed by atoms with Gasteiger partial charge >= 0.3 is 0 Å². The summed E-state index contributed by atoms with van der Waals surface area (Å²) in [4.78, 5) is 4.47. The molecule has 0 fully saturated rings. The molecule has 0 aliphatic carbocycles. The van der Waals surface area contributed by atoms with Gasteiger partial charge in [0.25, 0.3) is 0 Å². The largest absolute Gasteiger partial charge is 0.271 e. The van der Waals surface area contributed by atoms with E-state index in [4.69, 9.17) is 0 Å². The summed E-state index contributed by atoms with van der Waals surface area (Å²) in [5.74, 6) is 1.02. The zero-order valence-corrected chi connectivity index (χ0v) is 11.9. The third-order valence-corrected chi connectivity index (χ3v) is 3.66. The normalized spacial score (nSPS) is 16.6. The fourth-order valence-electron chi connectivity index (χ4n) is 1.72. The topological polar surface area (TPSA) is 36.8 Å². The summed E-state index contributed by atoms with van der Waals surface area (Å²) in [5.41, 5.74) is 4.19. The predicted molar refractivity (Wildman–Crippen MR) is 80.7 cm³/mol. The van der Waals surface area contributed by atoms with Gasteiger partial charge < -0.3 is 0 Å². The summed E-state index contributed by atoms with van der Waals surface area (Å²) < 4.78 is 1.21. The van der Waals surface area contributed by atoms with Crippen molar-refractivity contribution >= 4 is 34.6 Å². The van der Waals surface area contributed by atoms with Crippen LogP contribution in [0.4, 0.5) is 0 Å². The molecule has 1 heterocycles. The minimum absolute atomic E-state index is 0.931. The van der Waals surface area contributed by atoms with Gasteiger partial charge in [-0.15, -0.1) is 0 Å². The second-order valence-electron chi connectivity index (χ2n) is 4.03. The van der Waals surface area contributed by atoms with Gasteiger partial charge in [-0.1, -0.05) is 24.6 Å². The number of aliphatic imine (C=N–C) groups is 1. The van der Waals surface area contributed by atoms with E-state index >= 15 is 0 Å². The molecule has 2 rings (SSSR count). The lowest BCUT2D eigenvalue weighted by Crippen LogP contribution is -2.17. The lowest BCUT2D eigenvalue weighted by Gasteiger charge is -2.02. The highest BCUT2D eigenvalue weighted by Gasteiger charge is 2.02. The van der Waals surface area contributed by atoms with Crippen molar-refractivity contribution in [1.29, 1.82) is 0 Å². The molecular formula is C13H16IN3. The van der Waals surface area contributed by atoms with Gasteiger partial charge in [-0.3, -0.25) is 10.4 Å². The highest BCUT2D eigenvalue weighted by Crippen LogP contribution is 2.09. The smallest absolute Gasteiger partial charge is 0.117 e. The fourth-order valence-corrected chi connectivity index (χ4v) is 2.25. The van der Waals surface area contributed by atoms with E-state index in [1.165, 1.54) is 22.8 Å². The Morgan fingerprint density at radius 2 is 2.12 bits per heavy atom. The van der Waals surface area contributed by atoms with E-state index in [1.54, 1.807) is 0 Å². The zero-order valence-electron chi connectivity index (χ0n) is 9.69. The standard InChI is InChI=1S/C13H16IN3/c14-12-7-4-3-6-11(12)10-16-17-13-8-2-1-5-9-15-13/h3-4,6-7,10H,1-2,5,8-9H2,(H,15,17)/b16-10-. The summed E-state index contributed by atoms with van der Waals surface area (Å²) in [6, 6.07) is 8.18. The molecule has 17 heavy (non-hydrogen) atoms. The van der Waals surface area contributed by atoms with Crippen LogP contribution in [-0.4, -0.2) is 18.6 Å². The molecule has 1 aromatic rings. The van der Waals surface area contributed by atoms with Crippen molar-refractivity contribution < 1.29 is 0 Å². The maximum Gasteiger partial charge on any atom is 0.117 e. The van der Waals surface area contributed by atoms with Crippen molar-refractivity contribution in [3.8, 4) is 0 Å². The van der Waals surface area contributed by atoms with Crippen molar-refractivity contribution in [2.45, 2.75) is 25.7 Å². The number of rotatable bonds is 2. The van der Waals surface area contributed by atoms with E-state index in [2.05, 4.69) is 50.2 Å². The van der Waals surface area contributed by atoms with Crippen LogP contribution in [0.3, 0.4) is 0 Å². The first-order valence-corrected chi connectivity index (χ1v) is 7.01. The first kappa shape index (κ1) is 12.5. The Morgan fingerprint density at radius 3 is 3.00 bits per heavy atom. The maximum absolute atomic E-state index is 4.47. The van der Waals surface area contributed by atoms with E-state index < -0.39 is 0 Å². The van der Waals surface area contributed by atoms with Crippen molar-refractivity contribution in [3.63, 3.8) is 0 Å². The van der Waals surface area contributed by atoms with Gasteiger partial charge in [0.2, 0.25) is 0 Å². The number of benzene rings is 1. The molecule has 1 N–H and O–H groups in total. The Kier molecular flexibility index (Phi) is 4.97. The van der Waals surface area contributed by atoms with E-state index in [-0.39, 0.29) is 0 Å². The second kappa shape index (κ2) is 6.74. The monoisotopic (exact) mass is 341 g/mol. The minimum Gasteiger partial charge on any atom is -0.271 e. The third-order valence-electron chi connectivity index (χ3n) is 2.68. The molecule has 1 aliphatic rings. The minimum atomic E-state index is 0.931. The molecule has 3 nitrogen and oxygen atoms in total. The second-order valence-corrected chi connectivity index (χ2v) is 5.19. The van der Waals surface area contributed by atoms with Gasteiger partial charge in [0.15, 0.2) is 0 Å². The van der Waals surface area contributed by atoms with Gasteiger partial charge in [-0.25, -0.2) is 0 Å². The number of halogens is 1. The molecular weight excluding hydrogens is 325 g/mol. The first-order valence-electron chi connectivity index (χ1n) is 5.93. The van der Waals surface area contributed by atoms with Crippen LogP contribution in [0.5, 0.6) is 0 Å². The van der Waals surface area contributed by atoms with Crippen molar-refractivity contribution in [2.24, 2.45) is 10.1 Å². The maximum atomic E-state index is 4.47. The fraction of sp³-hybridized carbons (Fsp3) is 0.385. The molecule has 0 bridgehead atoms. The summed E-state index contributed by atoms with van der Waals surface area (Å²) in [7, 11) is 0. The van der Waals surface area contributed by atoms with Crippen molar-refractivity contribution in [1.82, 2.24) is 5.43 Å². The van der Waals surface area contributed by atoms with E-state index in [0.29, 0.717) is 0 Å². The number of nitrogens with one attached hydrogen (secondary N) is 1. The molecule has 0 radical (unpaired) electrons. The van der Waals surface area contributed by atoms with Crippen LogP contribution in [0, 0.1) is 3.57 Å². The highest BCUT2D eigenvalue weighted by molar-refractivity contribution is 14.1. The van der Waals surface area contributed by atoms with E-state index in [0.717, 1.165) is 24.4 Å². The summed E-state index contributed by atoms with van der Waals surface area (Å²) in [5, 5.41) is 4.26. The molecule has 0 amide bonds. The number of hydrazone groups is 1. The summed E-state index contributed by atoms with van der Waals surface area (Å²) in [6.45, 7) is 0.931. The summed E-state index contributed by atoms with van der Waals surface area (Å²) in [6.07, 6.45) is 6.56. The Hall–Kier alpha value is -0.910. The Morgan fingerprint density at radius 1 is 1.24 bits per heavy atom. The molecule has 0 aromatic heterocycles. The van der Waals surface area contributed by atoms with Gasteiger partial charge in [0, 0.05) is 22.1 Å². The number of nitrogens with zero attached hydrogens (tertiary/aromatic N) is 2. The zero-order chi connectivity index (χ0) is 11.9. The van der Waals surface area contributed by atoms with Crippen LogP contribution in [-0.2, 0) is 0 Å². The lowest BCUT2D eigenvalue weighted by atomic mass is 10.2. The molecule has 0 atom stereocenters. The van der Waals surface area contributed by atoms with Crippen LogP contribution >= 0.6 is 22.6 Å². The molecule has 0 saturated carbocycles. The predicted octanol–water partition coefficient (Wildman–Crippen LogP) is 3.19. The number of hydrogen-bond donors (Lipinski definition) is 1. The average Bonchev–Trinajstić information content (AvgIpc) is 2.60. The van der Waals surface area contributed by atoms with Crippen molar-refractivity contribution in [2.75, 3.05) is 6.54 Å². The van der Waals surface area contributed by atoms with Crippen LogP contribution in [0.2, 0.25) is 0 Å². The van der Waals surface area contributed by atoms with Gasteiger partial charge in [0.05, 0.1) is 6.21 Å². The molecule has 90 valence electrons. The van der Waals surface area contributed by atoms with Gasteiger partial charge in [-0.05, 0) is 41.5 Å². The third kappa shape index (κ3) is 4.11. The van der Waals surface area contributed by atoms with E-state index in [1.807, 2.05) is 18.3 Å². The average molecular weight is 341 g/mol. The molecule has 0 spiro atoms. The first-order chi connectivity index (χ1) is 8.36. The highest BCUT2D eigenvalue weighted by atomic mass is 127. The van der Waals surface area contributed by atoms with Crippen LogP contribution < -0.4 is 5.43 Å². The van der Waals surface area contributed by atoms with Crippen LogP contribution in [0.25, 0.3) is 0 Å². The molecule has 0 unspecified atom stereocenters. The Balaban J connectivity index is 1.93. The number of hydrogen-bond acceptors (Lipinski definition) is 3. The van der Waals surface area contributed by atoms with Crippen molar-refractivity contribution in [3.05, 3.63) is 33.4 Å². The van der Waals surface area contributed by atoms with Gasteiger partial charge in [0.1, 0.15) is 5.84 Å². The van der Waals surface area contributed by atoms with Crippen LogP contribution in [0.15, 0.2) is 34.4 Å². The Bertz CT molecular complexity index is 426.